The summed E-state index contributed by atoms with van der Waals surface area (Å²) in [6.45, 7) is 4.90. The lowest BCUT2D eigenvalue weighted by molar-refractivity contribution is -0.159. The van der Waals surface area contributed by atoms with Crippen molar-refractivity contribution in [2.45, 2.75) is 52.1 Å². The summed E-state index contributed by atoms with van der Waals surface area (Å²) in [5, 5.41) is 11.3. The molecule has 0 aromatic rings. The molecule has 4 heteroatoms. The largest absolute Gasteiger partial charge is 0.381 e. The van der Waals surface area contributed by atoms with E-state index < -0.39 is 23.5 Å². The second-order valence-corrected chi connectivity index (χ2v) is 9.10. The van der Waals surface area contributed by atoms with E-state index in [2.05, 4.69) is 13.0 Å². The minimum atomic E-state index is -1.59. The predicted octanol–water partition coefficient (Wildman–Crippen LogP) is 3.73. The van der Waals surface area contributed by atoms with Crippen LogP contribution in [0, 0.1) is 28.6 Å². The highest BCUT2D eigenvalue weighted by Gasteiger charge is 2.67. The van der Waals surface area contributed by atoms with E-state index in [0.717, 1.165) is 24.8 Å². The number of hydrogen-bond acceptors (Lipinski definition) is 3. The van der Waals surface area contributed by atoms with Gasteiger partial charge >= 0.3 is 0 Å². The molecule has 26 heavy (non-hydrogen) atoms. The maximum Gasteiger partial charge on any atom is 0.196 e. The molecule has 0 aromatic heterocycles. The van der Waals surface area contributed by atoms with Gasteiger partial charge in [-0.3, -0.25) is 9.59 Å². The van der Waals surface area contributed by atoms with E-state index in [1.165, 1.54) is 5.57 Å². The molecule has 4 rings (SSSR count). The van der Waals surface area contributed by atoms with Gasteiger partial charge in [0.2, 0.25) is 0 Å². The van der Waals surface area contributed by atoms with Crippen LogP contribution in [0.1, 0.15) is 46.5 Å². The van der Waals surface area contributed by atoms with Gasteiger partial charge in [-0.1, -0.05) is 37.1 Å². The molecule has 0 unspecified atom stereocenters. The van der Waals surface area contributed by atoms with Crippen molar-refractivity contribution in [3.05, 3.63) is 35.5 Å². The number of carbonyl (C=O) groups excluding carboxylic acids is 2. The lowest BCUT2D eigenvalue weighted by Crippen LogP contribution is -2.57. The molecule has 6 atom stereocenters. The predicted molar refractivity (Wildman–Crippen MR) is 97.1 cm³/mol. The topological polar surface area (TPSA) is 54.4 Å². The Labute approximate surface area is 154 Å². The molecule has 140 valence electrons. The molecule has 0 saturated heterocycles. The first-order chi connectivity index (χ1) is 12.2. The van der Waals surface area contributed by atoms with Crippen LogP contribution in [0.4, 0.5) is 4.39 Å². The van der Waals surface area contributed by atoms with Gasteiger partial charge in [0.05, 0.1) is 0 Å². The Hall–Kier alpha value is -1.55. The number of hydrogen-bond donors (Lipinski definition) is 1. The molecule has 0 amide bonds. The Morgan fingerprint density at radius 1 is 1.38 bits per heavy atom. The molecule has 0 aliphatic heterocycles. The maximum atomic E-state index is 13.3. The number of fused-ring (bicyclic) bond motifs is 5. The molecule has 0 spiro atoms. The first-order valence-corrected chi connectivity index (χ1v) is 9.65. The Kier molecular flexibility index (Phi) is 3.76. The van der Waals surface area contributed by atoms with Crippen LogP contribution in [0.3, 0.4) is 0 Å². The van der Waals surface area contributed by atoms with E-state index in [9.17, 15) is 19.1 Å². The Morgan fingerprint density at radius 2 is 2.12 bits per heavy atom. The number of Topliss-reactive ketones (excluding diaryl/α,β-unsaturated/α-hetero) is 1. The first kappa shape index (κ1) is 17.8. The third-order valence-electron chi connectivity index (χ3n) is 8.08. The summed E-state index contributed by atoms with van der Waals surface area (Å²) in [6.07, 6.45) is 10.7. The van der Waals surface area contributed by atoms with Gasteiger partial charge in [-0.2, -0.15) is 0 Å². The molecule has 0 bridgehead atoms. The molecule has 0 heterocycles. The van der Waals surface area contributed by atoms with Crippen LogP contribution in [-0.4, -0.2) is 28.9 Å². The molecule has 3 nitrogen and oxygen atoms in total. The van der Waals surface area contributed by atoms with Crippen LogP contribution < -0.4 is 0 Å². The smallest absolute Gasteiger partial charge is 0.196 e. The molecular formula is C22H27FO3. The molecule has 4 aliphatic rings. The quantitative estimate of drug-likeness (QED) is 0.765. The monoisotopic (exact) mass is 358 g/mol. The second kappa shape index (κ2) is 5.48. The lowest BCUT2D eigenvalue weighted by atomic mass is 9.51. The van der Waals surface area contributed by atoms with Crippen molar-refractivity contribution in [1.82, 2.24) is 0 Å². The molecule has 2 fully saturated rings. The van der Waals surface area contributed by atoms with E-state index in [1.807, 2.05) is 19.9 Å². The van der Waals surface area contributed by atoms with Crippen molar-refractivity contribution >= 4 is 11.6 Å². The number of ketones is 2. The number of allylic oxidation sites excluding steroid dienone is 6. The first-order valence-electron chi connectivity index (χ1n) is 9.65. The summed E-state index contributed by atoms with van der Waals surface area (Å²) in [5.41, 5.74) is 0.00795. The van der Waals surface area contributed by atoms with Gasteiger partial charge in [-0.15, -0.1) is 0 Å². The third kappa shape index (κ3) is 1.97. The summed E-state index contributed by atoms with van der Waals surface area (Å²) >= 11 is 0. The second-order valence-electron chi connectivity index (χ2n) is 9.10. The zero-order valence-corrected chi connectivity index (χ0v) is 15.7. The van der Waals surface area contributed by atoms with Crippen LogP contribution in [0.15, 0.2) is 35.5 Å². The normalized spacial score (nSPS) is 46.8. The minimum absolute atomic E-state index is 0.0505. The molecule has 0 aromatic carbocycles. The molecule has 1 N–H and O–H groups in total. The zero-order valence-electron chi connectivity index (χ0n) is 15.7. The fraction of sp³-hybridized carbons (Fsp3) is 0.636. The number of aliphatic hydroxyl groups is 1. The van der Waals surface area contributed by atoms with Gasteiger partial charge < -0.3 is 5.11 Å². The van der Waals surface area contributed by atoms with Crippen molar-refractivity contribution in [2.75, 3.05) is 6.67 Å². The molecular weight excluding hydrogens is 331 g/mol. The van der Waals surface area contributed by atoms with E-state index in [4.69, 9.17) is 0 Å². The van der Waals surface area contributed by atoms with E-state index >= 15 is 0 Å². The molecule has 0 radical (unpaired) electrons. The van der Waals surface area contributed by atoms with Gasteiger partial charge in [0, 0.05) is 10.8 Å². The number of carbonyl (C=O) groups is 2. The van der Waals surface area contributed by atoms with Crippen LogP contribution >= 0.6 is 0 Å². The average Bonchev–Trinajstić information content (AvgIpc) is 2.83. The van der Waals surface area contributed by atoms with Gasteiger partial charge in [-0.05, 0) is 62.5 Å². The lowest BCUT2D eigenvalue weighted by Gasteiger charge is -2.53. The number of alkyl halides is 1. The SMILES string of the molecule is C[C@@H]1C[C@H]2[C@@H]3CCC4=CC(=O)C=C[C@]4(C)C3=CC[C@]2(C)[C@@]1(O)C(=O)CF. The fourth-order valence-electron chi connectivity index (χ4n) is 6.56. The molecule has 2 saturated carbocycles. The summed E-state index contributed by atoms with van der Waals surface area (Å²) in [7, 11) is 0. The Balaban J connectivity index is 1.79. The van der Waals surface area contributed by atoms with Gasteiger partial charge in [0.25, 0.3) is 0 Å². The van der Waals surface area contributed by atoms with Crippen LogP contribution in [0.25, 0.3) is 0 Å². The maximum absolute atomic E-state index is 13.3. The Morgan fingerprint density at radius 3 is 2.81 bits per heavy atom. The van der Waals surface area contributed by atoms with Gasteiger partial charge in [0.15, 0.2) is 18.2 Å². The summed E-state index contributed by atoms with van der Waals surface area (Å²) in [5.74, 6) is -0.450. The van der Waals surface area contributed by atoms with Gasteiger partial charge in [-0.25, -0.2) is 4.39 Å². The molecule has 4 aliphatic carbocycles. The van der Waals surface area contributed by atoms with E-state index in [0.29, 0.717) is 6.42 Å². The van der Waals surface area contributed by atoms with Crippen LogP contribution in [0.2, 0.25) is 0 Å². The summed E-state index contributed by atoms with van der Waals surface area (Å²) < 4.78 is 13.3. The standard InChI is InChI=1S/C22H27FO3/c1-13-10-18-16-5-4-14-11-15(24)6-8-20(14,2)17(16)7-9-21(18,3)22(13,26)19(25)12-23/h6-8,11,13,16,18,26H,4-5,9-10,12H2,1-3H3/t13-,16-,18+,20+,21+,22+/m1/s1. The van der Waals surface area contributed by atoms with Crippen molar-refractivity contribution in [1.29, 1.82) is 0 Å². The van der Waals surface area contributed by atoms with Crippen molar-refractivity contribution in [3.8, 4) is 0 Å². The highest BCUT2D eigenvalue weighted by atomic mass is 19.1. The van der Waals surface area contributed by atoms with Crippen molar-refractivity contribution < 1.29 is 19.1 Å². The van der Waals surface area contributed by atoms with Crippen LogP contribution in [0.5, 0.6) is 0 Å². The highest BCUT2D eigenvalue weighted by molar-refractivity contribution is 6.01. The Bertz CT molecular complexity index is 778. The summed E-state index contributed by atoms with van der Waals surface area (Å²) in [6, 6.07) is 0. The summed E-state index contributed by atoms with van der Waals surface area (Å²) in [4.78, 5) is 24.2. The highest BCUT2D eigenvalue weighted by Crippen LogP contribution is 2.66. The van der Waals surface area contributed by atoms with E-state index in [1.54, 1.807) is 12.2 Å². The van der Waals surface area contributed by atoms with Crippen molar-refractivity contribution in [2.24, 2.45) is 28.6 Å². The van der Waals surface area contributed by atoms with E-state index in [-0.39, 0.29) is 29.0 Å². The fourth-order valence-corrected chi connectivity index (χ4v) is 6.56. The number of rotatable bonds is 2. The number of halogens is 1. The minimum Gasteiger partial charge on any atom is -0.381 e. The van der Waals surface area contributed by atoms with Gasteiger partial charge in [0.1, 0.15) is 5.60 Å². The average molecular weight is 358 g/mol. The van der Waals surface area contributed by atoms with Crippen LogP contribution in [-0.2, 0) is 9.59 Å². The third-order valence-corrected chi connectivity index (χ3v) is 8.08. The zero-order chi connectivity index (χ0) is 18.9. The van der Waals surface area contributed by atoms with Crippen molar-refractivity contribution in [3.63, 3.8) is 0 Å².